The predicted octanol–water partition coefficient (Wildman–Crippen LogP) is 3.84. The number of rotatable bonds is 8. The average Bonchev–Trinajstić information content (AvgIpc) is 2.78. The molecule has 2 aromatic carbocycles. The van der Waals surface area contributed by atoms with Crippen molar-refractivity contribution in [3.8, 4) is 23.1 Å². The number of benzene rings is 2. The Morgan fingerprint density at radius 3 is 2.67 bits per heavy atom. The third-order valence-corrected chi connectivity index (χ3v) is 4.29. The first kappa shape index (κ1) is 23.5. The smallest absolute Gasteiger partial charge is 0.411 e. The predicted molar refractivity (Wildman–Crippen MR) is 115 cm³/mol. The fourth-order valence-electron chi connectivity index (χ4n) is 2.87. The Kier molecular flexibility index (Phi) is 7.42. The minimum absolute atomic E-state index is 0.0105. The molecule has 0 radical (unpaired) electrons. The highest BCUT2D eigenvalue weighted by atomic mass is 19.4. The normalized spacial score (nSPS) is 11.4. The molecule has 1 heterocycles. The second kappa shape index (κ2) is 10.4. The van der Waals surface area contributed by atoms with Gasteiger partial charge in [-0.05, 0) is 23.8 Å². The number of anilines is 1. The highest BCUT2D eigenvalue weighted by molar-refractivity contribution is 5.81. The fraction of sp³-hybridized carbons (Fsp3) is 0.182. The van der Waals surface area contributed by atoms with Crippen LogP contribution in [-0.4, -0.2) is 36.1 Å². The van der Waals surface area contributed by atoms with E-state index in [2.05, 4.69) is 20.5 Å². The molecule has 0 atom stereocenters. The molecule has 2 N–H and O–H groups in total. The number of H-pyrrole nitrogens is 1. The van der Waals surface area contributed by atoms with E-state index in [9.17, 15) is 23.2 Å². The van der Waals surface area contributed by atoms with Gasteiger partial charge in [0.25, 0.3) is 5.56 Å². The maximum atomic E-state index is 12.3. The minimum atomic E-state index is -4.43. The van der Waals surface area contributed by atoms with Crippen molar-refractivity contribution < 1.29 is 22.6 Å². The van der Waals surface area contributed by atoms with Gasteiger partial charge in [0.15, 0.2) is 0 Å². The van der Waals surface area contributed by atoms with Crippen LogP contribution < -0.4 is 15.7 Å². The topological polar surface area (TPSA) is 112 Å². The van der Waals surface area contributed by atoms with Crippen LogP contribution in [0.1, 0.15) is 16.7 Å². The van der Waals surface area contributed by atoms with Gasteiger partial charge in [0.2, 0.25) is 5.95 Å². The Hall–Kier alpha value is -4.17. The maximum absolute atomic E-state index is 12.3. The maximum Gasteiger partial charge on any atom is 0.411 e. The number of hydrogen-bond acceptors (Lipinski definition) is 7. The van der Waals surface area contributed by atoms with Crippen molar-refractivity contribution in [1.82, 2.24) is 9.97 Å². The zero-order valence-corrected chi connectivity index (χ0v) is 17.3. The standard InChI is InChI=1S/C22H18F3N5O3/c1-32-18-8-7-14(9-16(18)12-33-13-22(23,24)25)11-27-30-21-28-19(15-5-3-2-4-6-15)17(10-26)20(31)29-21/h2-9,11H,12-13H2,1H3,(H2,28,29,30,31). The van der Waals surface area contributed by atoms with Crippen LogP contribution in [0.5, 0.6) is 5.75 Å². The number of alkyl halides is 3. The largest absolute Gasteiger partial charge is 0.496 e. The molecule has 3 aromatic rings. The van der Waals surface area contributed by atoms with Crippen molar-refractivity contribution >= 4 is 12.2 Å². The quantitative estimate of drug-likeness (QED) is 0.393. The number of aromatic amines is 1. The highest BCUT2D eigenvalue weighted by Crippen LogP contribution is 2.22. The van der Waals surface area contributed by atoms with Crippen molar-refractivity contribution in [2.45, 2.75) is 12.8 Å². The first-order valence-electron chi connectivity index (χ1n) is 9.51. The molecular weight excluding hydrogens is 439 g/mol. The summed E-state index contributed by atoms with van der Waals surface area (Å²) < 4.78 is 46.8. The van der Waals surface area contributed by atoms with Crippen molar-refractivity contribution in [3.63, 3.8) is 0 Å². The lowest BCUT2D eigenvalue weighted by molar-refractivity contribution is -0.176. The van der Waals surface area contributed by atoms with Crippen molar-refractivity contribution in [2.24, 2.45) is 5.10 Å². The Labute approximate surface area is 186 Å². The van der Waals surface area contributed by atoms with Crippen LogP contribution in [0.25, 0.3) is 11.3 Å². The molecule has 0 bridgehead atoms. The van der Waals surface area contributed by atoms with Gasteiger partial charge >= 0.3 is 6.18 Å². The second-order valence-electron chi connectivity index (χ2n) is 6.67. The number of hydrogen-bond donors (Lipinski definition) is 2. The molecule has 0 saturated heterocycles. The number of nitrogens with zero attached hydrogens (tertiary/aromatic N) is 3. The molecule has 11 heteroatoms. The van der Waals surface area contributed by atoms with E-state index < -0.39 is 18.3 Å². The van der Waals surface area contributed by atoms with Gasteiger partial charge in [0, 0.05) is 11.1 Å². The zero-order chi connectivity index (χ0) is 23.8. The van der Waals surface area contributed by atoms with Crippen molar-refractivity contribution in [2.75, 3.05) is 19.1 Å². The third kappa shape index (κ3) is 6.41. The molecule has 0 fully saturated rings. The van der Waals surface area contributed by atoms with E-state index in [-0.39, 0.29) is 23.8 Å². The van der Waals surface area contributed by atoms with E-state index in [4.69, 9.17) is 9.47 Å². The van der Waals surface area contributed by atoms with Gasteiger partial charge < -0.3 is 9.47 Å². The van der Waals surface area contributed by atoms with E-state index >= 15 is 0 Å². The summed E-state index contributed by atoms with van der Waals surface area (Å²) in [5.74, 6) is 0.379. The summed E-state index contributed by atoms with van der Waals surface area (Å²) >= 11 is 0. The number of nitrogens with one attached hydrogen (secondary N) is 2. The van der Waals surface area contributed by atoms with Crippen molar-refractivity contribution in [1.29, 1.82) is 5.26 Å². The Balaban J connectivity index is 1.78. The monoisotopic (exact) mass is 457 g/mol. The molecular formula is C22H18F3N5O3. The number of methoxy groups -OCH3 is 1. The average molecular weight is 457 g/mol. The summed E-state index contributed by atoms with van der Waals surface area (Å²) in [4.78, 5) is 19.0. The molecule has 8 nitrogen and oxygen atoms in total. The Morgan fingerprint density at radius 2 is 2.00 bits per heavy atom. The van der Waals surface area contributed by atoms with Gasteiger partial charge in [0.05, 0.1) is 25.6 Å². The molecule has 0 unspecified atom stereocenters. The number of hydrazone groups is 1. The van der Waals surface area contributed by atoms with Gasteiger partial charge in [-0.25, -0.2) is 10.4 Å². The van der Waals surface area contributed by atoms with Gasteiger partial charge in [-0.15, -0.1) is 0 Å². The molecule has 0 aliphatic heterocycles. The molecule has 3 rings (SSSR count). The van der Waals surface area contributed by atoms with E-state index in [1.807, 2.05) is 6.07 Å². The second-order valence-corrected chi connectivity index (χ2v) is 6.67. The van der Waals surface area contributed by atoms with E-state index in [0.717, 1.165) is 0 Å². The van der Waals surface area contributed by atoms with E-state index in [0.29, 0.717) is 22.4 Å². The Morgan fingerprint density at radius 1 is 1.24 bits per heavy atom. The van der Waals surface area contributed by atoms with Gasteiger partial charge in [0.1, 0.15) is 24.0 Å². The van der Waals surface area contributed by atoms with Crippen LogP contribution in [0.3, 0.4) is 0 Å². The van der Waals surface area contributed by atoms with Crippen LogP contribution in [0.2, 0.25) is 0 Å². The van der Waals surface area contributed by atoms with Crippen molar-refractivity contribution in [3.05, 3.63) is 75.6 Å². The number of ether oxygens (including phenoxy) is 2. The lowest BCUT2D eigenvalue weighted by Gasteiger charge is -2.11. The number of halogens is 3. The third-order valence-electron chi connectivity index (χ3n) is 4.29. The highest BCUT2D eigenvalue weighted by Gasteiger charge is 2.27. The molecule has 0 saturated carbocycles. The van der Waals surface area contributed by atoms with E-state index in [1.165, 1.54) is 13.3 Å². The Bertz CT molecular complexity index is 1230. The fourth-order valence-corrected chi connectivity index (χ4v) is 2.87. The zero-order valence-electron chi connectivity index (χ0n) is 17.3. The molecule has 33 heavy (non-hydrogen) atoms. The summed E-state index contributed by atoms with van der Waals surface area (Å²) in [5.41, 5.74) is 3.56. The number of aromatic nitrogens is 2. The van der Waals surface area contributed by atoms with Gasteiger partial charge in [-0.1, -0.05) is 30.3 Å². The molecule has 0 spiro atoms. The van der Waals surface area contributed by atoms with Crippen LogP contribution >= 0.6 is 0 Å². The summed E-state index contributed by atoms with van der Waals surface area (Å²) in [6, 6.07) is 15.4. The van der Waals surface area contributed by atoms with Gasteiger partial charge in [-0.2, -0.15) is 23.5 Å². The molecule has 170 valence electrons. The number of nitriles is 1. The molecule has 0 aliphatic rings. The molecule has 0 aliphatic carbocycles. The van der Waals surface area contributed by atoms with Gasteiger partial charge in [-0.3, -0.25) is 9.78 Å². The molecule has 1 aromatic heterocycles. The van der Waals surface area contributed by atoms with Crippen LogP contribution in [0.4, 0.5) is 19.1 Å². The summed E-state index contributed by atoms with van der Waals surface area (Å²) in [6.07, 6.45) is -3.05. The summed E-state index contributed by atoms with van der Waals surface area (Å²) in [6.45, 7) is -1.68. The van der Waals surface area contributed by atoms with E-state index in [1.54, 1.807) is 48.5 Å². The first-order chi connectivity index (χ1) is 15.8. The van der Waals surface area contributed by atoms with Crippen LogP contribution in [0, 0.1) is 11.3 Å². The summed E-state index contributed by atoms with van der Waals surface area (Å²) in [7, 11) is 1.40. The van der Waals surface area contributed by atoms with Crippen LogP contribution in [0.15, 0.2) is 58.4 Å². The SMILES string of the molecule is COc1ccc(C=NNc2nc(-c3ccccc3)c(C#N)c(=O)[nH]2)cc1COCC(F)(F)F. The summed E-state index contributed by atoms with van der Waals surface area (Å²) in [5, 5.41) is 13.3. The lowest BCUT2D eigenvalue weighted by atomic mass is 10.1. The minimum Gasteiger partial charge on any atom is -0.496 e. The lowest BCUT2D eigenvalue weighted by Crippen LogP contribution is -2.17. The van der Waals surface area contributed by atoms with Crippen LogP contribution in [-0.2, 0) is 11.3 Å². The molecule has 0 amide bonds. The first-order valence-corrected chi connectivity index (χ1v) is 9.51.